The van der Waals surface area contributed by atoms with E-state index < -0.39 is 5.41 Å². The number of halogens is 1. The Morgan fingerprint density at radius 3 is 2.95 bits per heavy atom. The van der Waals surface area contributed by atoms with Gasteiger partial charge in [-0.05, 0) is 32.0 Å². The molecule has 0 bridgehead atoms. The van der Waals surface area contributed by atoms with E-state index in [1.165, 1.54) is 6.33 Å². The van der Waals surface area contributed by atoms with Gasteiger partial charge in [0.15, 0.2) is 5.78 Å². The van der Waals surface area contributed by atoms with Crippen LogP contribution < -0.4 is 5.32 Å². The first-order valence-corrected chi connectivity index (χ1v) is 8.02. The van der Waals surface area contributed by atoms with E-state index in [4.69, 9.17) is 11.6 Å². The summed E-state index contributed by atoms with van der Waals surface area (Å²) in [7, 11) is 0. The van der Waals surface area contributed by atoms with Crippen LogP contribution in [0.5, 0.6) is 0 Å². The number of Topliss-reactive ketones (excluding diaryl/α,β-unsaturated/α-hetero) is 1. The highest BCUT2D eigenvalue weighted by molar-refractivity contribution is 8.08. The standard InChI is InChI=1S/C16H12ClN3OS/c1-16(2)9-6-18-7-19-12(9)14-13(15(16)21)20-10-5-8(17)3-4-11(10)22-14/h3-7,20H,1-2H3. The molecule has 1 aliphatic heterocycles. The molecular weight excluding hydrogens is 318 g/mol. The molecule has 0 atom stereocenters. The van der Waals surface area contributed by atoms with Crippen LogP contribution in [-0.4, -0.2) is 15.8 Å². The fraction of sp³-hybridized carbons (Fsp3) is 0.188. The van der Waals surface area contributed by atoms with Crippen LogP contribution in [0.2, 0.25) is 5.02 Å². The number of hydrogen-bond donors (Lipinski definition) is 1. The van der Waals surface area contributed by atoms with Gasteiger partial charge >= 0.3 is 0 Å². The molecule has 6 heteroatoms. The third-order valence-electron chi connectivity index (χ3n) is 4.04. The van der Waals surface area contributed by atoms with Crippen LogP contribution in [0.1, 0.15) is 25.1 Å². The van der Waals surface area contributed by atoms with Crippen molar-refractivity contribution < 1.29 is 4.79 Å². The molecule has 22 heavy (non-hydrogen) atoms. The molecule has 4 rings (SSSR count). The number of rotatable bonds is 0. The molecule has 2 heterocycles. The molecule has 1 aliphatic carbocycles. The number of carbonyl (C=O) groups is 1. The summed E-state index contributed by atoms with van der Waals surface area (Å²) < 4.78 is 0. The zero-order valence-corrected chi connectivity index (χ0v) is 13.5. The van der Waals surface area contributed by atoms with Crippen LogP contribution >= 0.6 is 23.4 Å². The number of hydrogen-bond acceptors (Lipinski definition) is 5. The number of nitrogens with zero attached hydrogens (tertiary/aromatic N) is 2. The number of anilines is 1. The molecular formula is C16H12ClN3OS. The molecule has 0 unspecified atom stereocenters. The molecule has 1 aromatic heterocycles. The SMILES string of the molecule is CC1(C)C(=O)C2=C(Sc3ccc(Cl)cc3N2)c2ncncc21. The molecule has 0 radical (unpaired) electrons. The van der Waals surface area contributed by atoms with E-state index in [0.717, 1.165) is 26.7 Å². The Hall–Kier alpha value is -1.85. The van der Waals surface area contributed by atoms with Crippen LogP contribution in [0.3, 0.4) is 0 Å². The Morgan fingerprint density at radius 1 is 1.32 bits per heavy atom. The molecule has 2 aliphatic rings. The summed E-state index contributed by atoms with van der Waals surface area (Å²) in [5.74, 6) is 0.0444. The van der Waals surface area contributed by atoms with E-state index >= 15 is 0 Å². The van der Waals surface area contributed by atoms with Gasteiger partial charge in [0.25, 0.3) is 0 Å². The molecule has 0 amide bonds. The third-order valence-corrected chi connectivity index (χ3v) is 5.45. The van der Waals surface area contributed by atoms with Gasteiger partial charge in [-0.25, -0.2) is 9.97 Å². The minimum atomic E-state index is -0.654. The van der Waals surface area contributed by atoms with E-state index in [2.05, 4.69) is 15.3 Å². The Balaban J connectivity index is 1.94. The maximum Gasteiger partial charge on any atom is 0.190 e. The summed E-state index contributed by atoms with van der Waals surface area (Å²) in [5, 5.41) is 3.89. The van der Waals surface area contributed by atoms with Crippen molar-refractivity contribution in [2.75, 3.05) is 5.32 Å². The number of allylic oxidation sites excluding steroid dienone is 1. The number of aromatic nitrogens is 2. The number of nitrogens with one attached hydrogen (secondary N) is 1. The van der Waals surface area contributed by atoms with Crippen LogP contribution in [-0.2, 0) is 10.2 Å². The van der Waals surface area contributed by atoms with Crippen molar-refractivity contribution in [3.05, 3.63) is 52.7 Å². The van der Waals surface area contributed by atoms with Crippen molar-refractivity contribution in [3.8, 4) is 0 Å². The van der Waals surface area contributed by atoms with Gasteiger partial charge in [-0.15, -0.1) is 0 Å². The molecule has 0 spiro atoms. The Bertz CT molecular complexity index is 860. The minimum absolute atomic E-state index is 0.0444. The van der Waals surface area contributed by atoms with E-state index in [1.807, 2.05) is 32.0 Å². The topological polar surface area (TPSA) is 54.9 Å². The molecule has 4 nitrogen and oxygen atoms in total. The summed E-state index contributed by atoms with van der Waals surface area (Å²) in [4.78, 5) is 23.3. The lowest BCUT2D eigenvalue weighted by Gasteiger charge is -2.35. The Kier molecular flexibility index (Phi) is 2.86. The Labute approximate surface area is 137 Å². The number of fused-ring (bicyclic) bond motifs is 3. The summed E-state index contributed by atoms with van der Waals surface area (Å²) in [6.07, 6.45) is 3.26. The van der Waals surface area contributed by atoms with Gasteiger partial charge in [0.2, 0.25) is 0 Å². The van der Waals surface area contributed by atoms with Gasteiger partial charge in [-0.1, -0.05) is 23.4 Å². The molecule has 110 valence electrons. The first-order chi connectivity index (χ1) is 10.5. The zero-order chi connectivity index (χ0) is 15.5. The molecule has 0 saturated carbocycles. The van der Waals surface area contributed by atoms with E-state index in [0.29, 0.717) is 10.7 Å². The van der Waals surface area contributed by atoms with Crippen LogP contribution in [0, 0.1) is 0 Å². The smallest absolute Gasteiger partial charge is 0.190 e. The van der Waals surface area contributed by atoms with Gasteiger partial charge in [0.05, 0.1) is 27.4 Å². The predicted molar refractivity (Wildman–Crippen MR) is 87.9 cm³/mol. The zero-order valence-electron chi connectivity index (χ0n) is 12.0. The largest absolute Gasteiger partial charge is 0.351 e. The van der Waals surface area contributed by atoms with Gasteiger partial charge in [0.1, 0.15) is 6.33 Å². The molecule has 1 aromatic carbocycles. The fourth-order valence-corrected chi connectivity index (χ4v) is 4.02. The maximum absolute atomic E-state index is 12.9. The quantitative estimate of drug-likeness (QED) is 0.795. The van der Waals surface area contributed by atoms with Crippen LogP contribution in [0.4, 0.5) is 5.69 Å². The van der Waals surface area contributed by atoms with Crippen molar-refractivity contribution in [2.24, 2.45) is 0 Å². The maximum atomic E-state index is 12.9. The normalized spacial score (nSPS) is 18.2. The lowest BCUT2D eigenvalue weighted by molar-refractivity contribution is -0.119. The summed E-state index contributed by atoms with van der Waals surface area (Å²) in [5.41, 5.74) is 2.49. The van der Waals surface area contributed by atoms with Gasteiger partial charge < -0.3 is 5.32 Å². The van der Waals surface area contributed by atoms with E-state index in [1.54, 1.807) is 18.0 Å². The first-order valence-electron chi connectivity index (χ1n) is 6.83. The molecule has 0 saturated heterocycles. The third kappa shape index (κ3) is 1.82. The van der Waals surface area contributed by atoms with Gasteiger partial charge in [0, 0.05) is 21.7 Å². The number of benzene rings is 1. The van der Waals surface area contributed by atoms with Crippen LogP contribution in [0.15, 0.2) is 41.3 Å². The first kappa shape index (κ1) is 13.8. The molecule has 1 N–H and O–H groups in total. The second kappa shape index (κ2) is 4.57. The fourth-order valence-electron chi connectivity index (χ4n) is 2.77. The van der Waals surface area contributed by atoms with Crippen molar-refractivity contribution in [1.82, 2.24) is 9.97 Å². The van der Waals surface area contributed by atoms with E-state index in [-0.39, 0.29) is 5.78 Å². The Morgan fingerprint density at radius 2 is 2.14 bits per heavy atom. The average Bonchev–Trinajstić information content (AvgIpc) is 2.52. The van der Waals surface area contributed by atoms with Crippen LogP contribution in [0.25, 0.3) is 4.91 Å². The predicted octanol–water partition coefficient (Wildman–Crippen LogP) is 3.88. The summed E-state index contributed by atoms with van der Waals surface area (Å²) >= 11 is 7.60. The second-order valence-electron chi connectivity index (χ2n) is 5.81. The van der Waals surface area contributed by atoms with Gasteiger partial charge in [-0.2, -0.15) is 0 Å². The highest BCUT2D eigenvalue weighted by Gasteiger charge is 2.43. The minimum Gasteiger partial charge on any atom is -0.351 e. The molecule has 0 fully saturated rings. The highest BCUT2D eigenvalue weighted by atomic mass is 35.5. The molecule has 2 aromatic rings. The lowest BCUT2D eigenvalue weighted by atomic mass is 9.75. The van der Waals surface area contributed by atoms with Gasteiger partial charge in [-0.3, -0.25) is 4.79 Å². The van der Waals surface area contributed by atoms with Crippen molar-refractivity contribution in [3.63, 3.8) is 0 Å². The lowest BCUT2D eigenvalue weighted by Crippen LogP contribution is -2.38. The second-order valence-corrected chi connectivity index (χ2v) is 7.30. The highest BCUT2D eigenvalue weighted by Crippen LogP contribution is 2.50. The summed E-state index contributed by atoms with van der Waals surface area (Å²) in [6, 6.07) is 5.63. The average molecular weight is 330 g/mol. The van der Waals surface area contributed by atoms with Crippen molar-refractivity contribution in [1.29, 1.82) is 0 Å². The summed E-state index contributed by atoms with van der Waals surface area (Å²) in [6.45, 7) is 3.81. The number of thioether (sulfide) groups is 1. The number of carbonyl (C=O) groups excluding carboxylic acids is 1. The van der Waals surface area contributed by atoms with Crippen molar-refractivity contribution in [2.45, 2.75) is 24.2 Å². The monoisotopic (exact) mass is 329 g/mol. The van der Waals surface area contributed by atoms with Crippen molar-refractivity contribution >= 4 is 39.7 Å². The van der Waals surface area contributed by atoms with E-state index in [9.17, 15) is 4.79 Å². The number of ketones is 1.